The van der Waals surface area contributed by atoms with Crippen molar-refractivity contribution in [3.05, 3.63) is 58.0 Å². The maximum absolute atomic E-state index is 10.2. The molecule has 2 aromatic heterocycles. The molecule has 0 amide bonds. The van der Waals surface area contributed by atoms with E-state index in [0.717, 1.165) is 11.0 Å². The Hall–Kier alpha value is -1.58. The maximum Gasteiger partial charge on any atom is 0.134 e. The van der Waals surface area contributed by atoms with Gasteiger partial charge in [-0.3, -0.25) is 0 Å². The quantitative estimate of drug-likeness (QED) is 0.768. The fourth-order valence-electron chi connectivity index (χ4n) is 2.07. The van der Waals surface area contributed by atoms with E-state index in [9.17, 15) is 5.11 Å². The Morgan fingerprint density at radius 1 is 1.28 bits per heavy atom. The lowest BCUT2D eigenvalue weighted by Gasteiger charge is -2.04. The van der Waals surface area contributed by atoms with Crippen LogP contribution in [-0.4, -0.2) is 5.11 Å². The molecule has 1 aromatic carbocycles. The zero-order valence-electron chi connectivity index (χ0n) is 10.1. The van der Waals surface area contributed by atoms with Crippen molar-refractivity contribution in [2.45, 2.75) is 19.4 Å². The lowest BCUT2D eigenvalue weighted by atomic mass is 10.1. The Bertz CT molecular complexity index is 652. The number of fused-ring (bicyclic) bond motifs is 1. The van der Waals surface area contributed by atoms with Gasteiger partial charge in [-0.2, -0.15) is 0 Å². The number of aliphatic hydroxyl groups excluding tert-OH is 1. The van der Waals surface area contributed by atoms with Gasteiger partial charge in [0, 0.05) is 16.7 Å². The summed E-state index contributed by atoms with van der Waals surface area (Å²) in [4.78, 5) is 1.17. The number of aliphatic hydroxyl groups is 1. The van der Waals surface area contributed by atoms with Gasteiger partial charge < -0.3 is 9.52 Å². The molecule has 0 aliphatic heterocycles. The molecule has 2 heterocycles. The van der Waals surface area contributed by atoms with Crippen molar-refractivity contribution in [1.82, 2.24) is 0 Å². The summed E-state index contributed by atoms with van der Waals surface area (Å²) >= 11 is 1.65. The highest BCUT2D eigenvalue weighted by atomic mass is 32.1. The Kier molecular flexibility index (Phi) is 2.94. The van der Waals surface area contributed by atoms with Crippen molar-refractivity contribution in [3.8, 4) is 0 Å². The largest absolute Gasteiger partial charge is 0.458 e. The molecule has 0 saturated heterocycles. The van der Waals surface area contributed by atoms with Gasteiger partial charge in [-0.05, 0) is 36.6 Å². The number of hydrogen-bond donors (Lipinski definition) is 1. The third kappa shape index (κ3) is 2.19. The zero-order valence-corrected chi connectivity index (χ0v) is 10.9. The van der Waals surface area contributed by atoms with Crippen molar-refractivity contribution in [2.75, 3.05) is 0 Å². The highest BCUT2D eigenvalue weighted by molar-refractivity contribution is 7.09. The monoisotopic (exact) mass is 258 g/mol. The standard InChI is InChI=1S/C15H14O2S/c1-10-4-5-14-11(7-10)8-15(17-14)13(16)9-12-3-2-6-18-12/h2-8,13,16H,9H2,1H3. The van der Waals surface area contributed by atoms with Crippen LogP contribution in [0.5, 0.6) is 0 Å². The lowest BCUT2D eigenvalue weighted by molar-refractivity contribution is 0.153. The van der Waals surface area contributed by atoms with Crippen molar-refractivity contribution in [2.24, 2.45) is 0 Å². The normalized spacial score (nSPS) is 13.0. The van der Waals surface area contributed by atoms with Crippen LogP contribution in [0.1, 0.15) is 22.3 Å². The third-order valence-electron chi connectivity index (χ3n) is 2.99. The van der Waals surface area contributed by atoms with E-state index in [0.29, 0.717) is 12.2 Å². The van der Waals surface area contributed by atoms with Crippen molar-refractivity contribution in [1.29, 1.82) is 0 Å². The average Bonchev–Trinajstić information content (AvgIpc) is 2.96. The summed E-state index contributed by atoms with van der Waals surface area (Å²) in [6, 6.07) is 12.0. The molecule has 3 heteroatoms. The Morgan fingerprint density at radius 2 is 2.17 bits per heavy atom. The topological polar surface area (TPSA) is 33.4 Å². The minimum Gasteiger partial charge on any atom is -0.458 e. The van der Waals surface area contributed by atoms with Crippen LogP contribution in [0.4, 0.5) is 0 Å². The van der Waals surface area contributed by atoms with Gasteiger partial charge in [0.05, 0.1) is 0 Å². The first kappa shape index (κ1) is 11.5. The van der Waals surface area contributed by atoms with Crippen LogP contribution in [0.15, 0.2) is 46.2 Å². The van der Waals surface area contributed by atoms with Gasteiger partial charge >= 0.3 is 0 Å². The van der Waals surface area contributed by atoms with Crippen molar-refractivity contribution >= 4 is 22.3 Å². The van der Waals surface area contributed by atoms with Crippen LogP contribution in [0, 0.1) is 6.92 Å². The molecule has 0 fully saturated rings. The van der Waals surface area contributed by atoms with Gasteiger partial charge in [0.2, 0.25) is 0 Å². The van der Waals surface area contributed by atoms with E-state index in [1.807, 2.05) is 42.6 Å². The smallest absolute Gasteiger partial charge is 0.134 e. The van der Waals surface area contributed by atoms with Gasteiger partial charge in [0.25, 0.3) is 0 Å². The van der Waals surface area contributed by atoms with E-state index >= 15 is 0 Å². The van der Waals surface area contributed by atoms with Gasteiger partial charge in [0.15, 0.2) is 0 Å². The fourth-order valence-corrected chi connectivity index (χ4v) is 2.81. The van der Waals surface area contributed by atoms with Gasteiger partial charge in [-0.25, -0.2) is 0 Å². The van der Waals surface area contributed by atoms with E-state index < -0.39 is 6.10 Å². The molecule has 0 aliphatic carbocycles. The summed E-state index contributed by atoms with van der Waals surface area (Å²) in [6.45, 7) is 2.05. The van der Waals surface area contributed by atoms with Crippen molar-refractivity contribution in [3.63, 3.8) is 0 Å². The highest BCUT2D eigenvalue weighted by Crippen LogP contribution is 2.27. The van der Waals surface area contributed by atoms with Crippen LogP contribution < -0.4 is 0 Å². The second-order valence-electron chi connectivity index (χ2n) is 4.49. The van der Waals surface area contributed by atoms with Gasteiger partial charge in [0.1, 0.15) is 17.4 Å². The summed E-state index contributed by atoms with van der Waals surface area (Å²) in [7, 11) is 0. The molecule has 1 N–H and O–H groups in total. The highest BCUT2D eigenvalue weighted by Gasteiger charge is 2.14. The first-order chi connectivity index (χ1) is 8.72. The summed E-state index contributed by atoms with van der Waals surface area (Å²) in [5.74, 6) is 0.643. The Labute approximate surface area is 109 Å². The van der Waals surface area contributed by atoms with E-state index in [1.54, 1.807) is 11.3 Å². The molecule has 18 heavy (non-hydrogen) atoms. The number of furan rings is 1. The van der Waals surface area contributed by atoms with E-state index in [4.69, 9.17) is 4.42 Å². The summed E-state index contributed by atoms with van der Waals surface area (Å²) < 4.78 is 5.69. The predicted octanol–water partition coefficient (Wildman–Crippen LogP) is 4.08. The van der Waals surface area contributed by atoms with Gasteiger partial charge in [-0.15, -0.1) is 11.3 Å². The molecule has 3 aromatic rings. The molecular formula is C15H14O2S. The van der Waals surface area contributed by atoms with Crippen LogP contribution in [0.3, 0.4) is 0 Å². The molecular weight excluding hydrogens is 244 g/mol. The molecule has 3 rings (SSSR count). The van der Waals surface area contributed by atoms with Crippen LogP contribution in [-0.2, 0) is 6.42 Å². The maximum atomic E-state index is 10.2. The molecule has 0 bridgehead atoms. The van der Waals surface area contributed by atoms with Gasteiger partial charge in [-0.1, -0.05) is 17.7 Å². The summed E-state index contributed by atoms with van der Waals surface area (Å²) in [6.07, 6.45) is 0.0348. The number of benzene rings is 1. The number of rotatable bonds is 3. The molecule has 0 saturated carbocycles. The molecule has 2 nitrogen and oxygen atoms in total. The Balaban J connectivity index is 1.89. The van der Waals surface area contributed by atoms with E-state index in [-0.39, 0.29) is 0 Å². The number of hydrogen-bond acceptors (Lipinski definition) is 3. The van der Waals surface area contributed by atoms with Crippen LogP contribution in [0.2, 0.25) is 0 Å². The first-order valence-corrected chi connectivity index (χ1v) is 6.81. The molecule has 0 spiro atoms. The predicted molar refractivity (Wildman–Crippen MR) is 73.9 cm³/mol. The average molecular weight is 258 g/mol. The second kappa shape index (κ2) is 4.59. The number of thiophene rings is 1. The molecule has 0 aliphatic rings. The lowest BCUT2D eigenvalue weighted by Crippen LogP contribution is -1.98. The first-order valence-electron chi connectivity index (χ1n) is 5.93. The minimum atomic E-state index is -0.573. The van der Waals surface area contributed by atoms with Crippen LogP contribution >= 0.6 is 11.3 Å². The second-order valence-corrected chi connectivity index (χ2v) is 5.52. The minimum absolute atomic E-state index is 0.573. The number of aryl methyl sites for hydroxylation is 1. The Morgan fingerprint density at radius 3 is 2.94 bits per heavy atom. The van der Waals surface area contributed by atoms with Crippen LogP contribution in [0.25, 0.3) is 11.0 Å². The summed E-state index contributed by atoms with van der Waals surface area (Å²) in [5.41, 5.74) is 2.03. The third-order valence-corrected chi connectivity index (χ3v) is 3.89. The summed E-state index contributed by atoms with van der Waals surface area (Å²) in [5, 5.41) is 13.2. The molecule has 1 atom stereocenters. The molecule has 92 valence electrons. The molecule has 0 radical (unpaired) electrons. The van der Waals surface area contributed by atoms with E-state index in [2.05, 4.69) is 6.07 Å². The zero-order chi connectivity index (χ0) is 12.5. The molecule has 1 unspecified atom stereocenters. The van der Waals surface area contributed by atoms with Crippen molar-refractivity contribution < 1.29 is 9.52 Å². The SMILES string of the molecule is Cc1ccc2oc(C(O)Cc3cccs3)cc2c1. The fraction of sp³-hybridized carbons (Fsp3) is 0.200. The van der Waals surface area contributed by atoms with E-state index in [1.165, 1.54) is 10.4 Å².